The second-order valence-electron chi connectivity index (χ2n) is 2.85. The Hall–Kier alpha value is -1.47. The van der Waals surface area contributed by atoms with Crippen LogP contribution in [0.5, 0.6) is 0 Å². The van der Waals surface area contributed by atoms with Gasteiger partial charge in [-0.1, -0.05) is 23.6 Å². The summed E-state index contributed by atoms with van der Waals surface area (Å²) in [5, 5.41) is 0.125. The summed E-state index contributed by atoms with van der Waals surface area (Å²) in [7, 11) is 0. The van der Waals surface area contributed by atoms with Gasteiger partial charge in [0.1, 0.15) is 0 Å². The van der Waals surface area contributed by atoms with E-state index in [1.165, 1.54) is 11.8 Å². The van der Waals surface area contributed by atoms with Crippen LogP contribution in [0.25, 0.3) is 0 Å². The van der Waals surface area contributed by atoms with Crippen molar-refractivity contribution in [3.63, 3.8) is 0 Å². The maximum absolute atomic E-state index is 10.6. The van der Waals surface area contributed by atoms with Crippen LogP contribution in [-0.4, -0.2) is 15.9 Å². The number of nitrogens with zero attached hydrogens (tertiary/aromatic N) is 1. The van der Waals surface area contributed by atoms with Crippen LogP contribution in [0.3, 0.4) is 0 Å². The SMILES string of the molecule is CC(=O)SCCC#Cc1ccncc1N. The van der Waals surface area contributed by atoms with Gasteiger partial charge in [-0.25, -0.2) is 0 Å². The Morgan fingerprint density at radius 3 is 3.13 bits per heavy atom. The molecule has 1 heterocycles. The standard InChI is InChI=1S/C11H12N2OS/c1-9(14)15-7-3-2-4-10-5-6-13-8-11(10)12/h5-6,8H,3,7,12H2,1H3. The van der Waals surface area contributed by atoms with Crippen molar-refractivity contribution < 1.29 is 4.79 Å². The molecule has 0 aliphatic carbocycles. The molecule has 0 unspecified atom stereocenters. The van der Waals surface area contributed by atoms with Gasteiger partial charge in [-0.2, -0.15) is 0 Å². The molecule has 4 heteroatoms. The van der Waals surface area contributed by atoms with Gasteiger partial charge in [0.25, 0.3) is 0 Å². The number of hydrogen-bond donors (Lipinski definition) is 1. The first-order valence-corrected chi connectivity index (χ1v) is 5.50. The Balaban J connectivity index is 2.45. The molecule has 2 N–H and O–H groups in total. The average Bonchev–Trinajstić information content (AvgIpc) is 2.20. The van der Waals surface area contributed by atoms with Gasteiger partial charge < -0.3 is 5.73 Å². The molecule has 0 aromatic carbocycles. The molecule has 0 saturated carbocycles. The van der Waals surface area contributed by atoms with E-state index in [9.17, 15) is 4.79 Å². The average molecular weight is 220 g/mol. The van der Waals surface area contributed by atoms with Crippen LogP contribution in [0.2, 0.25) is 0 Å². The molecule has 1 rings (SSSR count). The van der Waals surface area contributed by atoms with E-state index in [0.717, 1.165) is 11.3 Å². The molecule has 0 atom stereocenters. The van der Waals surface area contributed by atoms with Gasteiger partial charge >= 0.3 is 0 Å². The molecule has 0 bridgehead atoms. The number of anilines is 1. The number of hydrogen-bond acceptors (Lipinski definition) is 4. The highest BCUT2D eigenvalue weighted by molar-refractivity contribution is 8.13. The highest BCUT2D eigenvalue weighted by Crippen LogP contribution is 2.06. The molecule has 0 spiro atoms. The lowest BCUT2D eigenvalue weighted by Crippen LogP contribution is -1.90. The van der Waals surface area contributed by atoms with Gasteiger partial charge in [0.15, 0.2) is 5.12 Å². The van der Waals surface area contributed by atoms with Crippen molar-refractivity contribution in [1.29, 1.82) is 0 Å². The minimum atomic E-state index is 0.125. The summed E-state index contributed by atoms with van der Waals surface area (Å²) >= 11 is 1.29. The molecular weight excluding hydrogens is 208 g/mol. The van der Waals surface area contributed by atoms with E-state index in [2.05, 4.69) is 16.8 Å². The topological polar surface area (TPSA) is 56.0 Å². The van der Waals surface area contributed by atoms with Gasteiger partial charge in [0.05, 0.1) is 17.4 Å². The van der Waals surface area contributed by atoms with Crippen molar-refractivity contribution in [3.05, 3.63) is 24.0 Å². The minimum Gasteiger partial charge on any atom is -0.396 e. The molecule has 0 fully saturated rings. The maximum Gasteiger partial charge on any atom is 0.185 e. The summed E-state index contributed by atoms with van der Waals surface area (Å²) in [5.41, 5.74) is 7.04. The highest BCUT2D eigenvalue weighted by atomic mass is 32.2. The quantitative estimate of drug-likeness (QED) is 0.608. The van der Waals surface area contributed by atoms with Crippen molar-refractivity contribution >= 4 is 22.6 Å². The largest absolute Gasteiger partial charge is 0.396 e. The van der Waals surface area contributed by atoms with Crippen molar-refractivity contribution in [1.82, 2.24) is 4.98 Å². The molecule has 78 valence electrons. The van der Waals surface area contributed by atoms with Crippen LogP contribution in [0.1, 0.15) is 18.9 Å². The lowest BCUT2D eigenvalue weighted by Gasteiger charge is -1.94. The number of rotatable bonds is 2. The fourth-order valence-electron chi connectivity index (χ4n) is 0.924. The number of nitrogen functional groups attached to an aromatic ring is 1. The lowest BCUT2D eigenvalue weighted by atomic mass is 10.2. The summed E-state index contributed by atoms with van der Waals surface area (Å²) in [6.07, 6.45) is 3.92. The number of nitrogens with two attached hydrogens (primary N) is 1. The van der Waals surface area contributed by atoms with Gasteiger partial charge in [-0.15, -0.1) is 0 Å². The second-order valence-corrected chi connectivity index (χ2v) is 4.13. The number of pyridine rings is 1. The molecule has 0 saturated heterocycles. The first-order valence-electron chi connectivity index (χ1n) is 4.52. The molecule has 0 aliphatic heterocycles. The molecule has 1 aromatic rings. The summed E-state index contributed by atoms with van der Waals surface area (Å²) in [5.74, 6) is 6.64. The maximum atomic E-state index is 10.6. The Bertz CT molecular complexity index is 407. The number of thioether (sulfide) groups is 1. The van der Waals surface area contributed by atoms with Crippen LogP contribution in [0, 0.1) is 11.8 Å². The molecule has 3 nitrogen and oxygen atoms in total. The highest BCUT2D eigenvalue weighted by Gasteiger charge is 1.93. The molecule has 0 aliphatic rings. The zero-order valence-corrected chi connectivity index (χ0v) is 9.30. The normalized spacial score (nSPS) is 9.13. The summed E-state index contributed by atoms with van der Waals surface area (Å²) in [4.78, 5) is 14.5. The van der Waals surface area contributed by atoms with Crippen LogP contribution >= 0.6 is 11.8 Å². The predicted octanol–water partition coefficient (Wildman–Crippen LogP) is 1.69. The summed E-state index contributed by atoms with van der Waals surface area (Å²) < 4.78 is 0. The van der Waals surface area contributed by atoms with Crippen molar-refractivity contribution in [2.75, 3.05) is 11.5 Å². The van der Waals surface area contributed by atoms with E-state index in [1.54, 1.807) is 25.4 Å². The van der Waals surface area contributed by atoms with Crippen LogP contribution < -0.4 is 5.73 Å². The molecule has 0 radical (unpaired) electrons. The van der Waals surface area contributed by atoms with Gasteiger partial charge in [0.2, 0.25) is 0 Å². The Kier molecular flexibility index (Phi) is 4.72. The van der Waals surface area contributed by atoms with E-state index in [0.29, 0.717) is 12.1 Å². The fourth-order valence-corrected chi connectivity index (χ4v) is 1.42. The van der Waals surface area contributed by atoms with E-state index in [1.807, 2.05) is 0 Å². The van der Waals surface area contributed by atoms with Crippen LogP contribution in [0.4, 0.5) is 5.69 Å². The Labute approximate surface area is 93.5 Å². The Morgan fingerprint density at radius 2 is 2.47 bits per heavy atom. The number of carbonyl (C=O) groups is 1. The second kappa shape index (κ2) is 6.10. The van der Waals surface area contributed by atoms with Gasteiger partial charge in [0, 0.05) is 25.3 Å². The third-order valence-electron chi connectivity index (χ3n) is 1.61. The van der Waals surface area contributed by atoms with E-state index in [4.69, 9.17) is 5.73 Å². The number of carbonyl (C=O) groups excluding carboxylic acids is 1. The smallest absolute Gasteiger partial charge is 0.185 e. The first-order chi connectivity index (χ1) is 7.20. The number of aromatic nitrogens is 1. The predicted molar refractivity (Wildman–Crippen MR) is 63.3 cm³/mol. The Morgan fingerprint density at radius 1 is 1.67 bits per heavy atom. The molecule has 0 amide bonds. The third kappa shape index (κ3) is 4.52. The zero-order valence-electron chi connectivity index (χ0n) is 8.49. The lowest BCUT2D eigenvalue weighted by molar-refractivity contribution is -0.109. The molecular formula is C11H12N2OS. The van der Waals surface area contributed by atoms with E-state index in [-0.39, 0.29) is 5.12 Å². The molecule has 1 aromatic heterocycles. The fraction of sp³-hybridized carbons (Fsp3) is 0.273. The van der Waals surface area contributed by atoms with E-state index >= 15 is 0 Å². The third-order valence-corrected chi connectivity index (χ3v) is 2.42. The first kappa shape index (κ1) is 11.6. The van der Waals surface area contributed by atoms with Crippen LogP contribution in [0.15, 0.2) is 18.5 Å². The zero-order chi connectivity index (χ0) is 11.1. The van der Waals surface area contributed by atoms with Gasteiger partial charge in [-0.05, 0) is 6.07 Å². The van der Waals surface area contributed by atoms with Crippen molar-refractivity contribution in [3.8, 4) is 11.8 Å². The van der Waals surface area contributed by atoms with Crippen LogP contribution in [-0.2, 0) is 4.79 Å². The van der Waals surface area contributed by atoms with Gasteiger partial charge in [-0.3, -0.25) is 9.78 Å². The van der Waals surface area contributed by atoms with Crippen molar-refractivity contribution in [2.24, 2.45) is 0 Å². The monoisotopic (exact) mass is 220 g/mol. The van der Waals surface area contributed by atoms with Crippen molar-refractivity contribution in [2.45, 2.75) is 13.3 Å². The molecule has 15 heavy (non-hydrogen) atoms. The minimum absolute atomic E-state index is 0.125. The summed E-state index contributed by atoms with van der Waals surface area (Å²) in [6, 6.07) is 1.78. The summed E-state index contributed by atoms with van der Waals surface area (Å²) in [6.45, 7) is 1.55. The van der Waals surface area contributed by atoms with E-state index < -0.39 is 0 Å².